The summed E-state index contributed by atoms with van der Waals surface area (Å²) in [5.41, 5.74) is 2.34. The van der Waals surface area contributed by atoms with Gasteiger partial charge in [0.2, 0.25) is 5.91 Å². The van der Waals surface area contributed by atoms with Crippen molar-refractivity contribution >= 4 is 17.7 Å². The molecule has 30 heavy (non-hydrogen) atoms. The third-order valence-corrected chi connectivity index (χ3v) is 5.94. The van der Waals surface area contributed by atoms with Crippen molar-refractivity contribution in [2.45, 2.75) is 64.2 Å². The first-order valence-electron chi connectivity index (χ1n) is 10.3. The van der Waals surface area contributed by atoms with Crippen LogP contribution in [0.5, 0.6) is 0 Å². The average Bonchev–Trinajstić information content (AvgIpc) is 3.36. The van der Waals surface area contributed by atoms with Gasteiger partial charge in [0, 0.05) is 11.6 Å². The first-order chi connectivity index (χ1) is 14.3. The molecule has 0 aliphatic rings. The van der Waals surface area contributed by atoms with Crippen molar-refractivity contribution in [3.63, 3.8) is 0 Å². The largest absolute Gasteiger partial charge is 0.467 e. The Balaban J connectivity index is 1.85. The smallest absolute Gasteiger partial charge is 0.230 e. The monoisotopic (exact) mass is 426 g/mol. The first-order valence-corrected chi connectivity index (χ1v) is 11.2. The zero-order valence-electron chi connectivity index (χ0n) is 18.3. The predicted octanol–water partition coefficient (Wildman–Crippen LogP) is 4.89. The van der Waals surface area contributed by atoms with Crippen LogP contribution < -0.4 is 5.32 Å². The van der Waals surface area contributed by atoms with Crippen molar-refractivity contribution in [2.24, 2.45) is 0 Å². The Labute approximate surface area is 182 Å². The van der Waals surface area contributed by atoms with Gasteiger partial charge >= 0.3 is 0 Å². The van der Waals surface area contributed by atoms with Crippen LogP contribution in [0.4, 0.5) is 0 Å². The Morgan fingerprint density at radius 3 is 2.53 bits per heavy atom. The molecule has 0 saturated carbocycles. The second kappa shape index (κ2) is 9.51. The van der Waals surface area contributed by atoms with E-state index < -0.39 is 0 Å². The lowest BCUT2D eigenvalue weighted by Gasteiger charge is -2.19. The number of hydrogen-bond acceptors (Lipinski definition) is 5. The number of amides is 1. The van der Waals surface area contributed by atoms with Crippen molar-refractivity contribution in [1.82, 2.24) is 20.1 Å². The van der Waals surface area contributed by atoms with Crippen LogP contribution >= 0.6 is 11.8 Å². The summed E-state index contributed by atoms with van der Waals surface area (Å²) >= 11 is 1.39. The van der Waals surface area contributed by atoms with Gasteiger partial charge in [0.15, 0.2) is 11.0 Å². The average molecular weight is 427 g/mol. The minimum absolute atomic E-state index is 0.00187. The lowest BCUT2D eigenvalue weighted by atomic mass is 9.87. The van der Waals surface area contributed by atoms with Crippen LogP contribution in [0.1, 0.15) is 52.4 Å². The van der Waals surface area contributed by atoms with Gasteiger partial charge in [-0.2, -0.15) is 0 Å². The van der Waals surface area contributed by atoms with Crippen LogP contribution in [0, 0.1) is 0 Å². The molecule has 0 spiro atoms. The Hall–Kier alpha value is -2.54. The van der Waals surface area contributed by atoms with Gasteiger partial charge in [-0.3, -0.25) is 9.36 Å². The molecule has 0 aliphatic carbocycles. The minimum atomic E-state index is -0.00187. The van der Waals surface area contributed by atoms with Crippen molar-refractivity contribution in [1.29, 1.82) is 0 Å². The van der Waals surface area contributed by atoms with E-state index in [4.69, 9.17) is 4.42 Å². The van der Waals surface area contributed by atoms with Crippen LogP contribution in [0.15, 0.2) is 52.2 Å². The summed E-state index contributed by atoms with van der Waals surface area (Å²) in [4.78, 5) is 12.2. The fraction of sp³-hybridized carbons (Fsp3) is 0.435. The third kappa shape index (κ3) is 5.53. The van der Waals surface area contributed by atoms with Gasteiger partial charge < -0.3 is 9.73 Å². The molecule has 3 rings (SSSR count). The van der Waals surface area contributed by atoms with E-state index in [9.17, 15) is 4.79 Å². The molecule has 0 radical (unpaired) electrons. The van der Waals surface area contributed by atoms with Gasteiger partial charge in [-0.15, -0.1) is 10.2 Å². The number of nitrogens with one attached hydrogen (secondary N) is 1. The minimum Gasteiger partial charge on any atom is -0.467 e. The number of thioether (sulfide) groups is 1. The summed E-state index contributed by atoms with van der Waals surface area (Å²) in [5.74, 6) is 1.87. The molecule has 3 aromatic rings. The molecule has 2 aromatic heterocycles. The molecule has 1 N–H and O–H groups in total. The molecule has 2 heterocycles. The summed E-state index contributed by atoms with van der Waals surface area (Å²) in [6.07, 6.45) is 2.56. The molecule has 0 saturated heterocycles. The zero-order chi connectivity index (χ0) is 21.7. The Morgan fingerprint density at radius 1 is 1.20 bits per heavy atom. The van der Waals surface area contributed by atoms with Crippen molar-refractivity contribution in [3.8, 4) is 11.4 Å². The second-order valence-electron chi connectivity index (χ2n) is 8.46. The van der Waals surface area contributed by atoms with Crippen molar-refractivity contribution in [2.75, 3.05) is 5.75 Å². The van der Waals surface area contributed by atoms with E-state index in [1.165, 1.54) is 17.3 Å². The van der Waals surface area contributed by atoms with Gasteiger partial charge in [-0.1, -0.05) is 63.7 Å². The van der Waals surface area contributed by atoms with Gasteiger partial charge in [0.25, 0.3) is 0 Å². The van der Waals surface area contributed by atoms with E-state index >= 15 is 0 Å². The van der Waals surface area contributed by atoms with Gasteiger partial charge in [-0.25, -0.2) is 0 Å². The number of benzene rings is 1. The number of carbonyl (C=O) groups is 1. The Kier molecular flexibility index (Phi) is 7.02. The molecule has 1 atom stereocenters. The maximum absolute atomic E-state index is 12.2. The molecule has 0 fully saturated rings. The molecule has 7 heteroatoms. The van der Waals surface area contributed by atoms with E-state index in [2.05, 4.69) is 67.5 Å². The molecule has 0 bridgehead atoms. The Bertz CT molecular complexity index is 956. The van der Waals surface area contributed by atoms with E-state index in [1.54, 1.807) is 6.26 Å². The maximum Gasteiger partial charge on any atom is 0.230 e. The van der Waals surface area contributed by atoms with Crippen LogP contribution in [-0.4, -0.2) is 32.5 Å². The molecule has 1 unspecified atom stereocenters. The standard InChI is InChI=1S/C23H30N4O2S/c1-6-16(2)24-20(28)15-30-22-26-25-21(27(22)14-19-8-7-13-29-19)17-9-11-18(12-10-17)23(3,4)5/h7-13,16H,6,14-15H2,1-5H3,(H,24,28). The normalized spacial score (nSPS) is 12.7. The number of aromatic nitrogens is 3. The number of furan rings is 1. The van der Waals surface area contributed by atoms with Gasteiger partial charge in [0.1, 0.15) is 5.76 Å². The van der Waals surface area contributed by atoms with E-state index in [0.717, 1.165) is 23.6 Å². The zero-order valence-corrected chi connectivity index (χ0v) is 19.1. The van der Waals surface area contributed by atoms with Crippen molar-refractivity contribution in [3.05, 3.63) is 54.0 Å². The van der Waals surface area contributed by atoms with E-state index in [0.29, 0.717) is 17.5 Å². The predicted molar refractivity (Wildman–Crippen MR) is 121 cm³/mol. The quantitative estimate of drug-likeness (QED) is 0.519. The summed E-state index contributed by atoms with van der Waals surface area (Å²) in [6, 6.07) is 12.4. The van der Waals surface area contributed by atoms with Gasteiger partial charge in [0.05, 0.1) is 18.6 Å². The van der Waals surface area contributed by atoms with E-state index in [-0.39, 0.29) is 17.4 Å². The molecule has 160 valence electrons. The molecule has 1 amide bonds. The lowest BCUT2D eigenvalue weighted by Crippen LogP contribution is -2.33. The summed E-state index contributed by atoms with van der Waals surface area (Å²) in [7, 11) is 0. The second-order valence-corrected chi connectivity index (χ2v) is 9.41. The van der Waals surface area contributed by atoms with Gasteiger partial charge in [-0.05, 0) is 36.5 Å². The molecule has 1 aromatic carbocycles. The van der Waals surface area contributed by atoms with Crippen LogP contribution in [0.25, 0.3) is 11.4 Å². The number of carbonyl (C=O) groups excluding carboxylic acids is 1. The maximum atomic E-state index is 12.2. The highest BCUT2D eigenvalue weighted by molar-refractivity contribution is 7.99. The first kappa shape index (κ1) is 22.2. The highest BCUT2D eigenvalue weighted by atomic mass is 32.2. The lowest BCUT2D eigenvalue weighted by molar-refractivity contribution is -0.119. The van der Waals surface area contributed by atoms with E-state index in [1.807, 2.05) is 23.6 Å². The SMILES string of the molecule is CCC(C)NC(=O)CSc1nnc(-c2ccc(C(C)(C)C)cc2)n1Cc1ccco1. The number of nitrogens with zero attached hydrogens (tertiary/aromatic N) is 3. The number of rotatable bonds is 8. The highest BCUT2D eigenvalue weighted by Crippen LogP contribution is 2.28. The molecule has 0 aliphatic heterocycles. The third-order valence-electron chi connectivity index (χ3n) is 4.97. The molecular weight excluding hydrogens is 396 g/mol. The molecular formula is C23H30N4O2S. The Morgan fingerprint density at radius 2 is 1.93 bits per heavy atom. The topological polar surface area (TPSA) is 73.0 Å². The fourth-order valence-corrected chi connectivity index (χ4v) is 3.73. The highest BCUT2D eigenvalue weighted by Gasteiger charge is 2.19. The fourth-order valence-electron chi connectivity index (χ4n) is 2.98. The van der Waals surface area contributed by atoms with Crippen molar-refractivity contribution < 1.29 is 9.21 Å². The van der Waals surface area contributed by atoms with Crippen LogP contribution in [0.3, 0.4) is 0 Å². The summed E-state index contributed by atoms with van der Waals surface area (Å²) in [6.45, 7) is 11.1. The summed E-state index contributed by atoms with van der Waals surface area (Å²) in [5, 5.41) is 12.5. The van der Waals surface area contributed by atoms with Crippen LogP contribution in [-0.2, 0) is 16.8 Å². The number of hydrogen-bond donors (Lipinski definition) is 1. The van der Waals surface area contributed by atoms with Crippen LogP contribution in [0.2, 0.25) is 0 Å². The summed E-state index contributed by atoms with van der Waals surface area (Å²) < 4.78 is 7.55. The molecule has 6 nitrogen and oxygen atoms in total.